The lowest BCUT2D eigenvalue weighted by atomic mass is 10.0. The number of aliphatic carboxylic acids is 1. The largest absolute Gasteiger partial charge is 0.503 e. The Balaban J connectivity index is 1.53. The molecule has 6 N–H and O–H groups in total. The molecule has 0 spiro atoms. The molecule has 0 unspecified atom stereocenters. The Bertz CT molecular complexity index is 1350. The average Bonchev–Trinajstić information content (AvgIpc) is 3.23. The van der Waals surface area contributed by atoms with Crippen LogP contribution < -0.4 is 16.5 Å². The molecule has 2 aromatic rings. The molecule has 0 aliphatic carbocycles. The van der Waals surface area contributed by atoms with Crippen LogP contribution in [-0.2, 0) is 25.8 Å². The second-order valence-corrected chi connectivity index (χ2v) is 9.43. The molecule has 35 heavy (non-hydrogen) atoms. The molecule has 2 amide bonds. The molecule has 14 nitrogen and oxygen atoms in total. The van der Waals surface area contributed by atoms with Crippen LogP contribution in [0.5, 0.6) is 5.75 Å². The number of nitrogen functional groups attached to an aromatic ring is 1. The summed E-state index contributed by atoms with van der Waals surface area (Å²) < 4.78 is 0.463. The van der Waals surface area contributed by atoms with Crippen molar-refractivity contribution in [3.63, 3.8) is 0 Å². The minimum atomic E-state index is -1.23. The number of amides is 2. The maximum Gasteiger partial charge on any atom is 0.352 e. The van der Waals surface area contributed by atoms with Crippen molar-refractivity contribution < 1.29 is 34.6 Å². The van der Waals surface area contributed by atoms with Gasteiger partial charge in [-0.25, -0.2) is 9.78 Å². The van der Waals surface area contributed by atoms with Crippen LogP contribution in [0.2, 0.25) is 0 Å². The fourth-order valence-corrected chi connectivity index (χ4v) is 5.25. The number of nitrogens with one attached hydrogen (secondary N) is 1. The number of hydrogen-bond acceptors (Lipinski definition) is 12. The maximum absolute atomic E-state index is 13.0. The topological polar surface area (TPSA) is 210 Å². The lowest BCUT2D eigenvalue weighted by molar-refractivity contribution is -0.150. The van der Waals surface area contributed by atoms with E-state index >= 15 is 0 Å². The molecule has 2 aliphatic rings. The van der Waals surface area contributed by atoms with Crippen molar-refractivity contribution in [2.45, 2.75) is 24.9 Å². The van der Waals surface area contributed by atoms with Crippen molar-refractivity contribution in [3.05, 3.63) is 50.5 Å². The number of fused-ring (bicyclic) bond motifs is 1. The first kappa shape index (κ1) is 24.1. The summed E-state index contributed by atoms with van der Waals surface area (Å²) in [5.41, 5.74) is 4.99. The van der Waals surface area contributed by atoms with Crippen molar-refractivity contribution in [2.75, 3.05) is 11.5 Å². The minimum absolute atomic E-state index is 0.0546. The molecular weight excluding hydrogens is 504 g/mol. The number of carboxylic acid groups (broad SMARTS) is 1. The van der Waals surface area contributed by atoms with Crippen LogP contribution in [-0.4, -0.2) is 70.7 Å². The summed E-state index contributed by atoms with van der Waals surface area (Å²) in [6.45, 7) is 1.17. The van der Waals surface area contributed by atoms with Crippen LogP contribution in [0.3, 0.4) is 0 Å². The van der Waals surface area contributed by atoms with E-state index < -0.39 is 47.0 Å². The van der Waals surface area contributed by atoms with Gasteiger partial charge in [0.15, 0.2) is 23.2 Å². The van der Waals surface area contributed by atoms with E-state index in [-0.39, 0.29) is 27.9 Å². The Labute approximate surface area is 204 Å². The molecule has 4 heterocycles. The highest BCUT2D eigenvalue weighted by Gasteiger charge is 2.54. The summed E-state index contributed by atoms with van der Waals surface area (Å²) in [6, 6.07) is -0.0843. The van der Waals surface area contributed by atoms with Crippen molar-refractivity contribution in [3.8, 4) is 5.75 Å². The molecule has 0 radical (unpaired) electrons. The van der Waals surface area contributed by atoms with Crippen molar-refractivity contribution >= 4 is 51.7 Å². The van der Waals surface area contributed by atoms with Gasteiger partial charge in [0, 0.05) is 17.2 Å². The van der Waals surface area contributed by atoms with Crippen LogP contribution >= 0.6 is 23.1 Å². The first-order valence-electron chi connectivity index (χ1n) is 9.82. The molecule has 4 rings (SSSR count). The van der Waals surface area contributed by atoms with E-state index in [2.05, 4.69) is 15.5 Å². The molecule has 2 aliphatic heterocycles. The van der Waals surface area contributed by atoms with E-state index in [9.17, 15) is 34.6 Å². The minimum Gasteiger partial charge on any atom is -0.503 e. The molecule has 2 aromatic heterocycles. The zero-order valence-electron chi connectivity index (χ0n) is 17.9. The molecule has 1 fully saturated rings. The fourth-order valence-electron chi connectivity index (χ4n) is 3.41. The fraction of sp³-hybridized carbons (Fsp3) is 0.263. The number of carbonyl (C=O) groups excluding carboxylic acids is 2. The Hall–Kier alpha value is -4.05. The SMILES string of the molecule is CC1=C(C(=O)O)N2C(=O)[C@@H](NC(=O)C(=NOCc3cc(=O)c(O)cn3O)c3csc(N)n3)[C@H]2SC1. The van der Waals surface area contributed by atoms with Gasteiger partial charge < -0.3 is 31.3 Å². The monoisotopic (exact) mass is 522 g/mol. The summed E-state index contributed by atoms with van der Waals surface area (Å²) in [5, 5.41) is 35.8. The first-order chi connectivity index (χ1) is 16.6. The Morgan fingerprint density at radius 3 is 2.80 bits per heavy atom. The van der Waals surface area contributed by atoms with E-state index in [0.717, 1.165) is 28.5 Å². The number of oxime groups is 1. The number of pyridine rings is 1. The standard InChI is InChI=1S/C19H18N6O8S2/c1-7-5-34-17-13(16(29)25(17)14(7)18(30)31)22-15(28)12(9-6-35-19(20)21-9)23-33-4-8-2-10(26)11(27)3-24(8)32/h2-3,6,13,17,27,32H,4-5H2,1H3,(H2,20,21)(H,22,28)(H,30,31)/t13-,17-/m1/s1. The number of aromatic nitrogens is 2. The highest BCUT2D eigenvalue weighted by Crippen LogP contribution is 2.40. The van der Waals surface area contributed by atoms with Crippen molar-refractivity contribution in [1.82, 2.24) is 19.9 Å². The lowest BCUT2D eigenvalue weighted by Gasteiger charge is -2.49. The van der Waals surface area contributed by atoms with Gasteiger partial charge in [0.2, 0.25) is 5.43 Å². The van der Waals surface area contributed by atoms with E-state index in [0.29, 0.717) is 16.1 Å². The van der Waals surface area contributed by atoms with Gasteiger partial charge in [-0.2, -0.15) is 4.73 Å². The second-order valence-electron chi connectivity index (χ2n) is 7.44. The number of anilines is 1. The molecule has 184 valence electrons. The summed E-state index contributed by atoms with van der Waals surface area (Å²) in [5.74, 6) is -2.93. The number of thioether (sulfide) groups is 1. The number of thiazole rings is 1. The van der Waals surface area contributed by atoms with E-state index in [1.165, 1.54) is 17.1 Å². The highest BCUT2D eigenvalue weighted by molar-refractivity contribution is 8.00. The molecule has 0 bridgehead atoms. The van der Waals surface area contributed by atoms with E-state index in [1.54, 1.807) is 6.92 Å². The van der Waals surface area contributed by atoms with Crippen LogP contribution in [0.4, 0.5) is 5.13 Å². The smallest absolute Gasteiger partial charge is 0.352 e. The number of hydrogen-bond donors (Lipinski definition) is 5. The molecular formula is C19H18N6O8S2. The Morgan fingerprint density at radius 2 is 2.14 bits per heavy atom. The third-order valence-electron chi connectivity index (χ3n) is 5.08. The number of nitrogens with zero attached hydrogens (tertiary/aromatic N) is 4. The predicted octanol–water partition coefficient (Wildman–Crippen LogP) is -0.491. The van der Waals surface area contributed by atoms with Gasteiger partial charge in [-0.15, -0.1) is 23.1 Å². The van der Waals surface area contributed by atoms with Crippen molar-refractivity contribution in [2.24, 2.45) is 5.16 Å². The third-order valence-corrected chi connectivity index (χ3v) is 7.18. The maximum atomic E-state index is 13.0. The molecule has 1 saturated heterocycles. The third kappa shape index (κ3) is 4.52. The van der Waals surface area contributed by atoms with Gasteiger partial charge >= 0.3 is 5.97 Å². The van der Waals surface area contributed by atoms with Gasteiger partial charge in [-0.3, -0.25) is 19.3 Å². The van der Waals surface area contributed by atoms with Gasteiger partial charge in [-0.1, -0.05) is 5.16 Å². The highest BCUT2D eigenvalue weighted by atomic mass is 32.2. The summed E-state index contributed by atoms with van der Waals surface area (Å²) in [6.07, 6.45) is 0.775. The van der Waals surface area contributed by atoms with Gasteiger partial charge in [0.05, 0.1) is 6.20 Å². The number of aromatic hydroxyl groups is 1. The second kappa shape index (κ2) is 9.30. The summed E-state index contributed by atoms with van der Waals surface area (Å²) >= 11 is 2.34. The lowest BCUT2D eigenvalue weighted by Crippen LogP contribution is -2.71. The van der Waals surface area contributed by atoms with Gasteiger partial charge in [0.25, 0.3) is 11.8 Å². The van der Waals surface area contributed by atoms with E-state index in [1.807, 2.05) is 0 Å². The number of carbonyl (C=O) groups is 3. The Kier molecular flexibility index (Phi) is 6.40. The Morgan fingerprint density at radius 1 is 1.40 bits per heavy atom. The average molecular weight is 523 g/mol. The molecule has 0 aromatic carbocycles. The van der Waals surface area contributed by atoms with Crippen LogP contribution in [0, 0.1) is 0 Å². The number of nitrogens with two attached hydrogens (primary N) is 1. The van der Waals surface area contributed by atoms with Crippen molar-refractivity contribution in [1.29, 1.82) is 0 Å². The zero-order valence-corrected chi connectivity index (χ0v) is 19.5. The van der Waals surface area contributed by atoms with Crippen LogP contribution in [0.1, 0.15) is 18.3 Å². The molecule has 2 atom stereocenters. The molecule has 0 saturated carbocycles. The summed E-state index contributed by atoms with van der Waals surface area (Å²) in [4.78, 5) is 59.1. The number of carboxylic acids is 1. The van der Waals surface area contributed by atoms with Gasteiger partial charge in [-0.05, 0) is 12.5 Å². The molecule has 16 heteroatoms. The zero-order chi connectivity index (χ0) is 25.4. The quantitative estimate of drug-likeness (QED) is 0.135. The van der Waals surface area contributed by atoms with Crippen LogP contribution in [0.25, 0.3) is 0 Å². The first-order valence-corrected chi connectivity index (χ1v) is 11.7. The van der Waals surface area contributed by atoms with Gasteiger partial charge in [0.1, 0.15) is 28.5 Å². The number of rotatable bonds is 7. The van der Waals surface area contributed by atoms with E-state index in [4.69, 9.17) is 10.6 Å². The number of β-lactam (4-membered cyclic amide) rings is 1. The van der Waals surface area contributed by atoms with Crippen LogP contribution in [0.15, 0.2) is 38.9 Å². The predicted molar refractivity (Wildman–Crippen MR) is 123 cm³/mol. The normalized spacial score (nSPS) is 19.7. The summed E-state index contributed by atoms with van der Waals surface area (Å²) in [7, 11) is 0.